The summed E-state index contributed by atoms with van der Waals surface area (Å²) in [6.07, 6.45) is 1.55. The smallest absolute Gasteiger partial charge is 0.343 e. The number of hydrogen-bond acceptors (Lipinski definition) is 7. The average molecular weight is 444 g/mol. The van der Waals surface area contributed by atoms with Gasteiger partial charge in [0.05, 0.1) is 23.4 Å². The Balaban J connectivity index is 0.00000140. The fourth-order valence-electron chi connectivity index (χ4n) is 3.10. The predicted octanol–water partition coefficient (Wildman–Crippen LogP) is 3.23. The van der Waals surface area contributed by atoms with E-state index in [-0.39, 0.29) is 30.8 Å². The molecule has 4 rings (SSSR count). The van der Waals surface area contributed by atoms with E-state index in [1.165, 1.54) is 0 Å². The first kappa shape index (κ1) is 22.4. The van der Waals surface area contributed by atoms with Crippen LogP contribution in [-0.4, -0.2) is 65.3 Å². The Morgan fingerprint density at radius 1 is 1.25 bits per heavy atom. The van der Waals surface area contributed by atoms with Gasteiger partial charge in [0.15, 0.2) is 5.65 Å². The topological polar surface area (TPSA) is 63.0 Å². The van der Waals surface area contributed by atoms with Crippen LogP contribution in [0.25, 0.3) is 16.2 Å². The minimum absolute atomic E-state index is 0. The van der Waals surface area contributed by atoms with E-state index in [1.807, 2.05) is 11.4 Å². The lowest BCUT2D eigenvalue weighted by Gasteiger charge is -2.33. The number of halogens is 2. The van der Waals surface area contributed by atoms with Crippen molar-refractivity contribution < 1.29 is 9.53 Å². The summed E-state index contributed by atoms with van der Waals surface area (Å²) in [4.78, 5) is 22.7. The molecule has 10 heteroatoms. The molecular formula is C18H23Cl2N5O2S. The van der Waals surface area contributed by atoms with Gasteiger partial charge in [-0.3, -0.25) is 0 Å². The van der Waals surface area contributed by atoms with Crippen molar-refractivity contribution in [3.05, 3.63) is 35.3 Å². The molecule has 0 N–H and O–H groups in total. The molecule has 0 unspecified atom stereocenters. The summed E-state index contributed by atoms with van der Waals surface area (Å²) in [6, 6.07) is 6.13. The molecule has 4 heterocycles. The maximum atomic E-state index is 12.3. The van der Waals surface area contributed by atoms with Crippen LogP contribution in [0.3, 0.4) is 0 Å². The van der Waals surface area contributed by atoms with Crippen molar-refractivity contribution in [3.63, 3.8) is 0 Å². The van der Waals surface area contributed by atoms with E-state index in [0.717, 1.165) is 42.6 Å². The van der Waals surface area contributed by atoms with Gasteiger partial charge in [0.2, 0.25) is 0 Å². The minimum Gasteiger partial charge on any atom is -0.462 e. The number of anilines is 1. The van der Waals surface area contributed by atoms with E-state index in [9.17, 15) is 4.79 Å². The maximum Gasteiger partial charge on any atom is 0.343 e. The van der Waals surface area contributed by atoms with Crippen LogP contribution in [0, 0.1) is 0 Å². The SMILES string of the molecule is CCOC(=O)c1cnn2c(-c3cccs3)cc(N3CCN(C)CC3)nc12.Cl.Cl. The second kappa shape index (κ2) is 9.56. The van der Waals surface area contributed by atoms with E-state index in [0.29, 0.717) is 17.8 Å². The molecule has 3 aromatic heterocycles. The number of piperazine rings is 1. The molecule has 0 bridgehead atoms. The molecule has 0 aliphatic carbocycles. The summed E-state index contributed by atoms with van der Waals surface area (Å²) >= 11 is 1.64. The number of thiophene rings is 1. The normalized spacial score (nSPS) is 14.4. The highest BCUT2D eigenvalue weighted by atomic mass is 35.5. The van der Waals surface area contributed by atoms with Crippen LogP contribution in [0.4, 0.5) is 5.82 Å². The number of rotatable bonds is 4. The third-order valence-electron chi connectivity index (χ3n) is 4.55. The van der Waals surface area contributed by atoms with Crippen molar-refractivity contribution in [1.82, 2.24) is 19.5 Å². The van der Waals surface area contributed by atoms with Crippen LogP contribution < -0.4 is 4.90 Å². The van der Waals surface area contributed by atoms with Gasteiger partial charge in [-0.25, -0.2) is 14.3 Å². The minimum atomic E-state index is -0.386. The molecule has 0 spiro atoms. The average Bonchev–Trinajstić information content (AvgIpc) is 3.31. The van der Waals surface area contributed by atoms with E-state index < -0.39 is 0 Å². The zero-order chi connectivity index (χ0) is 18.1. The molecule has 7 nitrogen and oxygen atoms in total. The quantitative estimate of drug-likeness (QED) is 0.576. The van der Waals surface area contributed by atoms with E-state index in [4.69, 9.17) is 9.72 Å². The van der Waals surface area contributed by atoms with Crippen molar-refractivity contribution in [2.24, 2.45) is 0 Å². The summed E-state index contributed by atoms with van der Waals surface area (Å²) in [7, 11) is 2.13. The van der Waals surface area contributed by atoms with Crippen LogP contribution in [0.5, 0.6) is 0 Å². The molecule has 0 atom stereocenters. The molecular weight excluding hydrogens is 421 g/mol. The first-order chi connectivity index (χ1) is 12.7. The van der Waals surface area contributed by atoms with Gasteiger partial charge in [-0.2, -0.15) is 5.10 Å². The number of fused-ring (bicyclic) bond motifs is 1. The Morgan fingerprint density at radius 3 is 2.64 bits per heavy atom. The molecule has 1 aliphatic rings. The Hall–Kier alpha value is -1.87. The molecule has 1 aliphatic heterocycles. The lowest BCUT2D eigenvalue weighted by atomic mass is 10.2. The van der Waals surface area contributed by atoms with Gasteiger partial charge in [0.25, 0.3) is 0 Å². The van der Waals surface area contributed by atoms with E-state index in [1.54, 1.807) is 29.0 Å². The third-order valence-corrected chi connectivity index (χ3v) is 5.45. The molecule has 1 fully saturated rings. The molecule has 0 radical (unpaired) electrons. The largest absolute Gasteiger partial charge is 0.462 e. The molecule has 3 aromatic rings. The van der Waals surface area contributed by atoms with Gasteiger partial charge >= 0.3 is 5.97 Å². The van der Waals surface area contributed by atoms with Crippen LogP contribution >= 0.6 is 36.2 Å². The zero-order valence-electron chi connectivity index (χ0n) is 15.7. The lowest BCUT2D eigenvalue weighted by Crippen LogP contribution is -2.44. The number of esters is 1. The number of ether oxygens (including phenoxy) is 1. The Bertz CT molecular complexity index is 924. The van der Waals surface area contributed by atoms with Crippen molar-refractivity contribution in [2.45, 2.75) is 6.92 Å². The fraction of sp³-hybridized carbons (Fsp3) is 0.389. The number of hydrogen-bond donors (Lipinski definition) is 0. The van der Waals surface area contributed by atoms with Crippen LogP contribution in [0.2, 0.25) is 0 Å². The molecule has 0 aromatic carbocycles. The number of aromatic nitrogens is 3. The van der Waals surface area contributed by atoms with Gasteiger partial charge in [-0.05, 0) is 25.4 Å². The fourth-order valence-corrected chi connectivity index (χ4v) is 3.83. The van der Waals surface area contributed by atoms with Gasteiger partial charge in [-0.1, -0.05) is 6.07 Å². The summed E-state index contributed by atoms with van der Waals surface area (Å²) in [5.41, 5.74) is 1.89. The van der Waals surface area contributed by atoms with Gasteiger partial charge in [0.1, 0.15) is 11.4 Å². The first-order valence-corrected chi connectivity index (χ1v) is 9.58. The highest BCUT2D eigenvalue weighted by Gasteiger charge is 2.22. The number of carbonyl (C=O) groups is 1. The Labute approximate surface area is 180 Å². The zero-order valence-corrected chi connectivity index (χ0v) is 18.1. The summed E-state index contributed by atoms with van der Waals surface area (Å²) < 4.78 is 6.91. The summed E-state index contributed by atoms with van der Waals surface area (Å²) in [6.45, 7) is 5.92. The van der Waals surface area contributed by atoms with E-state index >= 15 is 0 Å². The lowest BCUT2D eigenvalue weighted by molar-refractivity contribution is 0.0528. The summed E-state index contributed by atoms with van der Waals surface area (Å²) in [5, 5.41) is 6.44. The molecule has 28 heavy (non-hydrogen) atoms. The first-order valence-electron chi connectivity index (χ1n) is 8.70. The maximum absolute atomic E-state index is 12.3. The monoisotopic (exact) mass is 443 g/mol. The molecule has 152 valence electrons. The number of nitrogens with zero attached hydrogens (tertiary/aromatic N) is 5. The standard InChI is InChI=1S/C18H21N5O2S.2ClH/c1-3-25-18(24)13-12-19-23-14(15-5-4-10-26-15)11-16(20-17(13)23)22-8-6-21(2)7-9-22;;/h4-5,10-12H,3,6-9H2,1-2H3;2*1H. The number of likely N-dealkylation sites (N-methyl/N-ethyl adjacent to an activating group) is 1. The van der Waals surface area contributed by atoms with Gasteiger partial charge in [-0.15, -0.1) is 36.2 Å². The van der Waals surface area contributed by atoms with Crippen molar-refractivity contribution in [3.8, 4) is 10.6 Å². The van der Waals surface area contributed by atoms with Gasteiger partial charge < -0.3 is 14.5 Å². The highest BCUT2D eigenvalue weighted by molar-refractivity contribution is 7.13. The second-order valence-corrected chi connectivity index (χ2v) is 7.23. The number of carbonyl (C=O) groups excluding carboxylic acids is 1. The molecule has 0 saturated carbocycles. The van der Waals surface area contributed by atoms with Gasteiger partial charge in [0, 0.05) is 32.2 Å². The van der Waals surface area contributed by atoms with Crippen LogP contribution in [0.15, 0.2) is 29.8 Å². The Kier molecular flexibility index (Phi) is 7.65. The molecule has 1 saturated heterocycles. The predicted molar refractivity (Wildman–Crippen MR) is 116 cm³/mol. The van der Waals surface area contributed by atoms with Crippen LogP contribution in [-0.2, 0) is 4.74 Å². The van der Waals surface area contributed by atoms with E-state index in [2.05, 4.69) is 34.1 Å². The molecule has 0 amide bonds. The van der Waals surface area contributed by atoms with Crippen molar-refractivity contribution in [2.75, 3.05) is 44.7 Å². The third kappa shape index (κ3) is 4.25. The van der Waals surface area contributed by atoms with Crippen molar-refractivity contribution in [1.29, 1.82) is 0 Å². The highest BCUT2D eigenvalue weighted by Crippen LogP contribution is 2.29. The van der Waals surface area contributed by atoms with Crippen LogP contribution in [0.1, 0.15) is 17.3 Å². The Morgan fingerprint density at radius 2 is 2.00 bits per heavy atom. The summed E-state index contributed by atoms with van der Waals surface area (Å²) in [5.74, 6) is 0.489. The van der Waals surface area contributed by atoms with Crippen molar-refractivity contribution >= 4 is 53.6 Å². The second-order valence-electron chi connectivity index (χ2n) is 6.28.